The van der Waals surface area contributed by atoms with E-state index in [1.54, 1.807) is 12.1 Å². The molecule has 2 nitrogen and oxygen atoms in total. The third-order valence-electron chi connectivity index (χ3n) is 2.52. The van der Waals surface area contributed by atoms with E-state index in [1.165, 1.54) is 12.1 Å². The van der Waals surface area contributed by atoms with Crippen LogP contribution >= 0.6 is 15.9 Å². The fourth-order valence-electron chi connectivity index (χ4n) is 1.58. The van der Waals surface area contributed by atoms with Crippen LogP contribution in [0.2, 0.25) is 0 Å². The number of nitrogens with one attached hydrogen (secondary N) is 1. The first-order chi connectivity index (χ1) is 8.70. The lowest BCUT2D eigenvalue weighted by Gasteiger charge is -2.09. The van der Waals surface area contributed by atoms with Gasteiger partial charge in [0, 0.05) is 11.0 Å². The van der Waals surface area contributed by atoms with Crippen LogP contribution in [0.3, 0.4) is 0 Å². The lowest BCUT2D eigenvalue weighted by atomic mass is 10.1. The van der Waals surface area contributed by atoms with Gasteiger partial charge in [-0.3, -0.25) is 0 Å². The Labute approximate surface area is 113 Å². The van der Waals surface area contributed by atoms with Gasteiger partial charge in [-0.1, -0.05) is 18.2 Å². The minimum Gasteiger partial charge on any atom is -0.380 e. The van der Waals surface area contributed by atoms with E-state index < -0.39 is 0 Å². The summed E-state index contributed by atoms with van der Waals surface area (Å²) in [6.07, 6.45) is 0. The second kappa shape index (κ2) is 5.65. The summed E-state index contributed by atoms with van der Waals surface area (Å²) in [4.78, 5) is 0. The van der Waals surface area contributed by atoms with Gasteiger partial charge >= 0.3 is 0 Å². The number of halogens is 2. The molecule has 0 heterocycles. The monoisotopic (exact) mass is 304 g/mol. The molecule has 18 heavy (non-hydrogen) atoms. The second-order valence-electron chi connectivity index (χ2n) is 3.75. The Bertz CT molecular complexity index is 588. The summed E-state index contributed by atoms with van der Waals surface area (Å²) in [6.45, 7) is 0.547. The summed E-state index contributed by atoms with van der Waals surface area (Å²) in [5.74, 6) is -0.251. The highest BCUT2D eigenvalue weighted by Gasteiger charge is 2.05. The molecule has 0 bridgehead atoms. The number of benzene rings is 2. The number of nitriles is 1. The normalized spacial score (nSPS) is 9.83. The van der Waals surface area contributed by atoms with Crippen LogP contribution in [0.5, 0.6) is 0 Å². The maximum Gasteiger partial charge on any atom is 0.123 e. The Hall–Kier alpha value is -1.86. The number of anilines is 1. The van der Waals surface area contributed by atoms with Gasteiger partial charge in [-0.2, -0.15) is 5.26 Å². The average molecular weight is 305 g/mol. The zero-order chi connectivity index (χ0) is 13.0. The molecule has 0 radical (unpaired) electrons. The van der Waals surface area contributed by atoms with Crippen LogP contribution in [-0.2, 0) is 6.54 Å². The average Bonchev–Trinajstić information content (AvgIpc) is 2.38. The van der Waals surface area contributed by atoms with Crippen molar-refractivity contribution >= 4 is 21.6 Å². The summed E-state index contributed by atoms with van der Waals surface area (Å²) >= 11 is 3.33. The van der Waals surface area contributed by atoms with Gasteiger partial charge < -0.3 is 5.32 Å². The molecule has 90 valence electrons. The summed E-state index contributed by atoms with van der Waals surface area (Å²) < 4.78 is 13.5. The molecule has 0 fully saturated rings. The van der Waals surface area contributed by atoms with E-state index >= 15 is 0 Å². The molecule has 2 rings (SSSR count). The molecule has 0 aliphatic rings. The van der Waals surface area contributed by atoms with Crippen molar-refractivity contribution < 1.29 is 4.39 Å². The van der Waals surface area contributed by atoms with Gasteiger partial charge in [0.2, 0.25) is 0 Å². The van der Waals surface area contributed by atoms with E-state index in [4.69, 9.17) is 5.26 Å². The van der Waals surface area contributed by atoms with Crippen molar-refractivity contribution in [1.82, 2.24) is 0 Å². The van der Waals surface area contributed by atoms with Crippen LogP contribution in [0.15, 0.2) is 46.9 Å². The molecule has 0 aliphatic carbocycles. The molecular weight excluding hydrogens is 295 g/mol. The molecular formula is C14H10BrFN2. The number of hydrogen-bond acceptors (Lipinski definition) is 2. The van der Waals surface area contributed by atoms with Gasteiger partial charge in [0.05, 0.1) is 11.3 Å². The first kappa shape index (κ1) is 12.6. The number of hydrogen-bond donors (Lipinski definition) is 1. The van der Waals surface area contributed by atoms with Crippen molar-refractivity contribution in [3.05, 3.63) is 63.9 Å². The molecule has 0 unspecified atom stereocenters. The smallest absolute Gasteiger partial charge is 0.123 e. The molecule has 0 amide bonds. The predicted octanol–water partition coefficient (Wildman–Crippen LogP) is 4.07. The van der Waals surface area contributed by atoms with Crippen molar-refractivity contribution in [3.63, 3.8) is 0 Å². The molecule has 0 spiro atoms. The summed E-state index contributed by atoms with van der Waals surface area (Å²) in [7, 11) is 0. The lowest BCUT2D eigenvalue weighted by molar-refractivity contribution is 0.627. The molecule has 4 heteroatoms. The van der Waals surface area contributed by atoms with Crippen LogP contribution in [-0.4, -0.2) is 0 Å². The molecule has 0 atom stereocenters. The Balaban J connectivity index is 2.14. The van der Waals surface area contributed by atoms with Crippen LogP contribution < -0.4 is 5.32 Å². The molecule has 0 aromatic heterocycles. The molecule has 0 saturated heterocycles. The Morgan fingerprint density at radius 2 is 1.89 bits per heavy atom. The molecule has 1 N–H and O–H groups in total. The minimum atomic E-state index is -0.251. The molecule has 0 saturated carbocycles. The maximum atomic E-state index is 12.8. The van der Waals surface area contributed by atoms with Gasteiger partial charge in [-0.05, 0) is 45.8 Å². The Morgan fingerprint density at radius 3 is 2.56 bits per heavy atom. The molecule has 2 aromatic carbocycles. The van der Waals surface area contributed by atoms with Crippen LogP contribution in [0.25, 0.3) is 0 Å². The van der Waals surface area contributed by atoms with Crippen molar-refractivity contribution in [1.29, 1.82) is 5.26 Å². The van der Waals surface area contributed by atoms with Crippen molar-refractivity contribution in [2.45, 2.75) is 6.54 Å². The Morgan fingerprint density at radius 1 is 1.17 bits per heavy atom. The second-order valence-corrected chi connectivity index (χ2v) is 4.61. The first-order valence-electron chi connectivity index (χ1n) is 5.37. The van der Waals surface area contributed by atoms with E-state index in [0.29, 0.717) is 12.1 Å². The zero-order valence-corrected chi connectivity index (χ0v) is 11.0. The van der Waals surface area contributed by atoms with E-state index in [0.717, 1.165) is 15.7 Å². The topological polar surface area (TPSA) is 35.8 Å². The summed E-state index contributed by atoms with van der Waals surface area (Å²) in [5.41, 5.74) is 2.29. The lowest BCUT2D eigenvalue weighted by Crippen LogP contribution is -2.01. The minimum absolute atomic E-state index is 0.251. The fraction of sp³-hybridized carbons (Fsp3) is 0.0714. The van der Waals surface area contributed by atoms with Crippen LogP contribution in [0.1, 0.15) is 11.1 Å². The zero-order valence-electron chi connectivity index (χ0n) is 9.45. The van der Waals surface area contributed by atoms with Crippen molar-refractivity contribution in [2.24, 2.45) is 0 Å². The highest BCUT2D eigenvalue weighted by Crippen LogP contribution is 2.24. The van der Waals surface area contributed by atoms with E-state index in [1.807, 2.05) is 18.2 Å². The quantitative estimate of drug-likeness (QED) is 0.927. The van der Waals surface area contributed by atoms with E-state index in [2.05, 4.69) is 27.3 Å². The summed E-state index contributed by atoms with van der Waals surface area (Å²) in [5, 5.41) is 12.2. The third kappa shape index (κ3) is 2.88. The summed E-state index contributed by atoms with van der Waals surface area (Å²) in [6, 6.07) is 13.9. The van der Waals surface area contributed by atoms with Gasteiger partial charge in [0.25, 0.3) is 0 Å². The highest BCUT2D eigenvalue weighted by molar-refractivity contribution is 9.10. The largest absolute Gasteiger partial charge is 0.380 e. The highest BCUT2D eigenvalue weighted by atomic mass is 79.9. The Kier molecular flexibility index (Phi) is 3.96. The van der Waals surface area contributed by atoms with Gasteiger partial charge in [-0.15, -0.1) is 0 Å². The van der Waals surface area contributed by atoms with Crippen molar-refractivity contribution in [2.75, 3.05) is 5.32 Å². The molecule has 0 aliphatic heterocycles. The fourth-order valence-corrected chi connectivity index (χ4v) is 2.04. The first-order valence-corrected chi connectivity index (χ1v) is 6.17. The van der Waals surface area contributed by atoms with Crippen molar-refractivity contribution in [3.8, 4) is 6.07 Å². The number of nitrogens with zero attached hydrogens (tertiary/aromatic N) is 1. The van der Waals surface area contributed by atoms with Crippen LogP contribution in [0, 0.1) is 17.1 Å². The SMILES string of the molecule is N#Cc1c(Br)cccc1NCc1ccc(F)cc1. The standard InChI is InChI=1S/C14H10BrFN2/c15-13-2-1-3-14(12(13)8-17)18-9-10-4-6-11(16)7-5-10/h1-7,18H,9H2. The van der Waals surface area contributed by atoms with E-state index in [-0.39, 0.29) is 5.82 Å². The predicted molar refractivity (Wildman–Crippen MR) is 72.6 cm³/mol. The van der Waals surface area contributed by atoms with Gasteiger partial charge in [0.15, 0.2) is 0 Å². The maximum absolute atomic E-state index is 12.8. The number of rotatable bonds is 3. The van der Waals surface area contributed by atoms with Gasteiger partial charge in [-0.25, -0.2) is 4.39 Å². The van der Waals surface area contributed by atoms with E-state index in [9.17, 15) is 4.39 Å². The van der Waals surface area contributed by atoms with Gasteiger partial charge in [0.1, 0.15) is 11.9 Å². The molecule has 2 aromatic rings. The third-order valence-corrected chi connectivity index (χ3v) is 3.18. The van der Waals surface area contributed by atoms with Crippen LogP contribution in [0.4, 0.5) is 10.1 Å².